The van der Waals surface area contributed by atoms with Crippen LogP contribution in [0, 0.1) is 18.3 Å². The first-order valence-corrected chi connectivity index (χ1v) is 10.7. The van der Waals surface area contributed by atoms with E-state index in [1.165, 1.54) is 0 Å². The number of halogens is 1. The van der Waals surface area contributed by atoms with Gasteiger partial charge in [0.1, 0.15) is 11.9 Å². The summed E-state index contributed by atoms with van der Waals surface area (Å²) in [5.74, 6) is 0.953. The topological polar surface area (TPSA) is 85.1 Å². The highest BCUT2D eigenvalue weighted by molar-refractivity contribution is 5.68. The molecule has 3 aromatic rings. The van der Waals surface area contributed by atoms with Crippen molar-refractivity contribution in [1.82, 2.24) is 25.3 Å². The smallest absolute Gasteiger partial charge is 0.233 e. The van der Waals surface area contributed by atoms with Gasteiger partial charge in [0.2, 0.25) is 5.88 Å². The fraction of sp³-hybridized carbons (Fsp3) is 0.435. The second kappa shape index (κ2) is 6.50. The van der Waals surface area contributed by atoms with Gasteiger partial charge in [-0.3, -0.25) is 0 Å². The van der Waals surface area contributed by atoms with Crippen molar-refractivity contribution in [2.75, 3.05) is 0 Å². The Morgan fingerprint density at radius 3 is 2.81 bits per heavy atom. The van der Waals surface area contributed by atoms with Gasteiger partial charge in [-0.2, -0.15) is 5.10 Å². The number of aromatic nitrogens is 4. The van der Waals surface area contributed by atoms with Gasteiger partial charge in [0.15, 0.2) is 6.17 Å². The van der Waals surface area contributed by atoms with Gasteiger partial charge in [0.25, 0.3) is 0 Å². The summed E-state index contributed by atoms with van der Waals surface area (Å²) in [5.41, 5.74) is 2.81. The molecule has 0 amide bonds. The van der Waals surface area contributed by atoms with Crippen LogP contribution in [-0.2, 0) is 0 Å². The molecule has 160 valence electrons. The normalized spacial score (nSPS) is 33.2. The number of phenolic OH excluding ortho intramolecular Hbond substituents is 1. The molecule has 1 aromatic carbocycles. The maximum atomic E-state index is 15.0. The Bertz CT molecular complexity index is 1150. The van der Waals surface area contributed by atoms with E-state index in [-0.39, 0.29) is 17.2 Å². The molecule has 2 aliphatic heterocycles. The summed E-state index contributed by atoms with van der Waals surface area (Å²) in [6.07, 6.45) is 2.03. The van der Waals surface area contributed by atoms with Gasteiger partial charge in [-0.05, 0) is 48.9 Å². The molecule has 4 heterocycles. The summed E-state index contributed by atoms with van der Waals surface area (Å²) in [6.45, 7) is 4.08. The van der Waals surface area contributed by atoms with Crippen LogP contribution in [0.15, 0.2) is 42.6 Å². The van der Waals surface area contributed by atoms with Gasteiger partial charge >= 0.3 is 0 Å². The fourth-order valence-electron chi connectivity index (χ4n) is 5.43. The monoisotopic (exact) mass is 421 g/mol. The number of benzene rings is 1. The van der Waals surface area contributed by atoms with Crippen LogP contribution in [0.1, 0.15) is 25.5 Å². The van der Waals surface area contributed by atoms with E-state index in [2.05, 4.69) is 27.5 Å². The van der Waals surface area contributed by atoms with E-state index in [1.807, 2.05) is 25.3 Å². The molecule has 6 unspecified atom stereocenters. The minimum atomic E-state index is -1.06. The number of fused-ring (bicyclic) bond motifs is 5. The van der Waals surface area contributed by atoms with Crippen LogP contribution in [-0.4, -0.2) is 49.4 Å². The first-order valence-electron chi connectivity index (χ1n) is 10.7. The largest absolute Gasteiger partial charge is 0.507 e. The molecule has 2 saturated heterocycles. The average molecular weight is 421 g/mol. The van der Waals surface area contributed by atoms with Crippen LogP contribution in [0.2, 0.25) is 0 Å². The Morgan fingerprint density at radius 2 is 2.10 bits per heavy atom. The van der Waals surface area contributed by atoms with Crippen molar-refractivity contribution < 1.29 is 14.2 Å². The molecule has 6 rings (SSSR count). The zero-order valence-corrected chi connectivity index (χ0v) is 17.4. The third kappa shape index (κ3) is 2.92. The van der Waals surface area contributed by atoms with E-state index in [0.717, 1.165) is 17.8 Å². The van der Waals surface area contributed by atoms with E-state index in [1.54, 1.807) is 28.9 Å². The molecule has 2 N–H and O–H groups in total. The van der Waals surface area contributed by atoms with Crippen LogP contribution in [0.3, 0.4) is 0 Å². The lowest BCUT2D eigenvalue weighted by Gasteiger charge is -2.36. The van der Waals surface area contributed by atoms with Crippen molar-refractivity contribution in [3.63, 3.8) is 0 Å². The van der Waals surface area contributed by atoms with Crippen molar-refractivity contribution in [1.29, 1.82) is 0 Å². The number of piperidine rings is 2. The van der Waals surface area contributed by atoms with Crippen LogP contribution in [0.4, 0.5) is 4.39 Å². The Balaban J connectivity index is 1.18. The number of nitrogens with one attached hydrogen (secondary N) is 1. The zero-order chi connectivity index (χ0) is 21.3. The summed E-state index contributed by atoms with van der Waals surface area (Å²) in [7, 11) is 0. The average Bonchev–Trinajstić information content (AvgIpc) is 3.15. The molecule has 2 aromatic heterocycles. The van der Waals surface area contributed by atoms with E-state index < -0.39 is 12.3 Å². The molecule has 0 radical (unpaired) electrons. The molecule has 7 nitrogen and oxygen atoms in total. The zero-order valence-electron chi connectivity index (χ0n) is 17.4. The number of alkyl halides is 1. The van der Waals surface area contributed by atoms with Crippen LogP contribution in [0.5, 0.6) is 11.6 Å². The number of hydrogen-bond donors (Lipinski definition) is 2. The number of phenols is 1. The Labute approximate surface area is 179 Å². The van der Waals surface area contributed by atoms with Gasteiger partial charge in [-0.25, -0.2) is 9.07 Å². The SMILES string of the molecule is Cc1ccn(-c2ccc(-c3ccc(OC4CC5NC(C4F)C4(C)CC54)nn3)c(O)c2)n1. The minimum Gasteiger partial charge on any atom is -0.507 e. The molecule has 3 fully saturated rings. The molecule has 0 spiro atoms. The third-order valence-electron chi connectivity index (χ3n) is 7.25. The number of aromatic hydroxyl groups is 1. The molecular formula is C23H24FN5O2. The first kappa shape index (κ1) is 18.7. The van der Waals surface area contributed by atoms with Gasteiger partial charge in [-0.1, -0.05) is 6.92 Å². The van der Waals surface area contributed by atoms with E-state index in [0.29, 0.717) is 35.5 Å². The van der Waals surface area contributed by atoms with Crippen molar-refractivity contribution in [2.45, 2.75) is 51.0 Å². The highest BCUT2D eigenvalue weighted by Crippen LogP contribution is 2.64. The van der Waals surface area contributed by atoms with Crippen molar-refractivity contribution in [3.05, 3.63) is 48.3 Å². The minimum absolute atomic E-state index is 0.0796. The van der Waals surface area contributed by atoms with Gasteiger partial charge in [-0.15, -0.1) is 10.2 Å². The number of nitrogens with zero attached hydrogens (tertiary/aromatic N) is 4. The lowest BCUT2D eigenvalue weighted by molar-refractivity contribution is 0.0244. The van der Waals surface area contributed by atoms with Crippen LogP contribution in [0.25, 0.3) is 16.9 Å². The third-order valence-corrected chi connectivity index (χ3v) is 7.25. The molecule has 3 aliphatic rings. The number of ether oxygens (including phenoxy) is 1. The van der Waals surface area contributed by atoms with Crippen molar-refractivity contribution in [3.8, 4) is 28.6 Å². The second-order valence-corrected chi connectivity index (χ2v) is 9.26. The quantitative estimate of drug-likeness (QED) is 0.673. The summed E-state index contributed by atoms with van der Waals surface area (Å²) < 4.78 is 22.6. The van der Waals surface area contributed by atoms with Gasteiger partial charge in [0.05, 0.1) is 17.1 Å². The predicted molar refractivity (Wildman–Crippen MR) is 112 cm³/mol. The molecule has 1 aliphatic carbocycles. The second-order valence-electron chi connectivity index (χ2n) is 9.26. The first-order chi connectivity index (χ1) is 14.9. The molecule has 6 atom stereocenters. The number of rotatable bonds is 4. The van der Waals surface area contributed by atoms with Gasteiger partial charge < -0.3 is 15.2 Å². The summed E-state index contributed by atoms with van der Waals surface area (Å²) in [5, 5.41) is 26.6. The molecule has 2 bridgehead atoms. The lowest BCUT2D eigenvalue weighted by Crippen LogP contribution is -2.55. The summed E-state index contributed by atoms with van der Waals surface area (Å²) in [4.78, 5) is 0. The highest BCUT2D eigenvalue weighted by atomic mass is 19.1. The summed E-state index contributed by atoms with van der Waals surface area (Å²) >= 11 is 0. The fourth-order valence-corrected chi connectivity index (χ4v) is 5.43. The molecular weight excluding hydrogens is 397 g/mol. The maximum Gasteiger partial charge on any atom is 0.233 e. The maximum absolute atomic E-state index is 15.0. The van der Waals surface area contributed by atoms with Crippen molar-refractivity contribution >= 4 is 0 Å². The predicted octanol–water partition coefficient (Wildman–Crippen LogP) is 3.20. The Hall–Kier alpha value is -3.00. The highest BCUT2D eigenvalue weighted by Gasteiger charge is 2.69. The van der Waals surface area contributed by atoms with Crippen LogP contribution < -0.4 is 10.1 Å². The van der Waals surface area contributed by atoms with E-state index in [4.69, 9.17) is 4.74 Å². The Morgan fingerprint density at radius 1 is 1.23 bits per heavy atom. The molecule has 31 heavy (non-hydrogen) atoms. The Kier molecular flexibility index (Phi) is 3.93. The van der Waals surface area contributed by atoms with E-state index >= 15 is 4.39 Å². The number of hydrogen-bond acceptors (Lipinski definition) is 6. The summed E-state index contributed by atoms with van der Waals surface area (Å²) in [6, 6.07) is 10.8. The lowest BCUT2D eigenvalue weighted by atomic mass is 9.91. The number of aryl methyl sites for hydroxylation is 1. The van der Waals surface area contributed by atoms with E-state index in [9.17, 15) is 5.11 Å². The van der Waals surface area contributed by atoms with Crippen molar-refractivity contribution in [2.24, 2.45) is 11.3 Å². The van der Waals surface area contributed by atoms with Gasteiger partial charge in [0, 0.05) is 42.4 Å². The molecule has 1 saturated carbocycles. The standard InChI is InChI=1S/C23H24FN5O2/c1-12-7-8-29(28-12)13-3-4-14(18(30)9-13)16-5-6-20(27-26-16)31-19-10-17-15-11-23(15,2)22(25-17)21(19)24/h3-9,15,17,19,21-22,25,30H,10-11H2,1-2H3. The van der Waals surface area contributed by atoms with Crippen LogP contribution >= 0.6 is 0 Å². The molecule has 8 heteroatoms.